The first-order valence-corrected chi connectivity index (χ1v) is 11.0. The quantitative estimate of drug-likeness (QED) is 0.291. The van der Waals surface area contributed by atoms with Gasteiger partial charge in [0, 0.05) is 17.8 Å². The summed E-state index contributed by atoms with van der Waals surface area (Å²) in [6, 6.07) is 7.16. The minimum atomic E-state index is -0.586. The van der Waals surface area contributed by atoms with Gasteiger partial charge in [-0.3, -0.25) is 4.90 Å². The number of halogens is 3. The monoisotopic (exact) mass is 484 g/mol. The second kappa shape index (κ2) is 8.41. The van der Waals surface area contributed by atoms with Crippen molar-refractivity contribution in [3.8, 4) is 0 Å². The van der Waals surface area contributed by atoms with Crippen LogP contribution >= 0.6 is 57.5 Å². The maximum Gasteiger partial charge on any atom is 0.342 e. The van der Waals surface area contributed by atoms with Crippen molar-refractivity contribution in [1.29, 1.82) is 0 Å². The fourth-order valence-corrected chi connectivity index (χ4v) is 5.22. The molecule has 0 aliphatic carbocycles. The highest BCUT2D eigenvalue weighted by atomic mass is 35.5. The first-order valence-electron chi connectivity index (χ1n) is 8.27. The van der Waals surface area contributed by atoms with Gasteiger partial charge in [0.25, 0.3) is 0 Å². The molecule has 0 spiro atoms. The predicted octanol–water partition coefficient (Wildman–Crippen LogP) is 6.75. The first kappa shape index (κ1) is 20.3. The van der Waals surface area contributed by atoms with Gasteiger partial charge in [0.2, 0.25) is 5.95 Å². The molecule has 0 fully saturated rings. The summed E-state index contributed by atoms with van der Waals surface area (Å²) in [5, 5.41) is 1.35. The third-order valence-electron chi connectivity index (χ3n) is 3.78. The number of nitrogens with zero attached hydrogens (tertiary/aromatic N) is 4. The van der Waals surface area contributed by atoms with E-state index in [9.17, 15) is 4.79 Å². The highest BCUT2D eigenvalue weighted by Crippen LogP contribution is 2.47. The number of rotatable bonds is 5. The standard InChI is InChI=1S/C18H11Cl3N4O2S2/c1-2-27-17(26)12-13(20)14(21)29-16(12)25(11-5-3-4-6-22-11)18-23-8-9-7-10(19)28-15(9)24-18/h3-8H,2H2,1H3. The molecule has 0 unspecified atom stereocenters. The number of ether oxygens (including phenoxy) is 1. The van der Waals surface area contributed by atoms with Crippen LogP contribution in [0, 0.1) is 0 Å². The second-order valence-corrected chi connectivity index (χ2v) is 9.24. The van der Waals surface area contributed by atoms with Crippen LogP contribution in [0.1, 0.15) is 17.3 Å². The highest BCUT2D eigenvalue weighted by Gasteiger charge is 2.30. The molecule has 11 heteroatoms. The maximum atomic E-state index is 12.6. The van der Waals surface area contributed by atoms with E-state index in [1.165, 1.54) is 11.3 Å². The zero-order valence-corrected chi connectivity index (χ0v) is 18.6. The Bertz CT molecular complexity index is 1200. The number of thiophene rings is 2. The lowest BCUT2D eigenvalue weighted by Crippen LogP contribution is -2.17. The Balaban J connectivity index is 1.95. The molecule has 0 N–H and O–H groups in total. The summed E-state index contributed by atoms with van der Waals surface area (Å²) in [5.41, 5.74) is 0.141. The summed E-state index contributed by atoms with van der Waals surface area (Å²) < 4.78 is 6.04. The van der Waals surface area contributed by atoms with Crippen LogP contribution in [0.3, 0.4) is 0 Å². The number of pyridine rings is 1. The number of hydrogen-bond acceptors (Lipinski definition) is 8. The molecule has 6 nitrogen and oxygen atoms in total. The molecule has 0 bridgehead atoms. The summed E-state index contributed by atoms with van der Waals surface area (Å²) >= 11 is 21.2. The lowest BCUT2D eigenvalue weighted by Gasteiger charge is -2.21. The van der Waals surface area contributed by atoms with Gasteiger partial charge in [-0.05, 0) is 25.1 Å². The molecule has 0 radical (unpaired) electrons. The second-order valence-electron chi connectivity index (χ2n) is 5.59. The number of carbonyl (C=O) groups excluding carboxylic acids is 1. The van der Waals surface area contributed by atoms with E-state index in [0.29, 0.717) is 25.9 Å². The van der Waals surface area contributed by atoms with Crippen LogP contribution in [0.2, 0.25) is 13.7 Å². The molecule has 4 rings (SSSR count). The molecule has 29 heavy (non-hydrogen) atoms. The molecule has 0 saturated heterocycles. The van der Waals surface area contributed by atoms with Gasteiger partial charge in [-0.1, -0.05) is 40.9 Å². The number of anilines is 3. The Labute approximate surface area is 188 Å². The topological polar surface area (TPSA) is 68.2 Å². The van der Waals surface area contributed by atoms with E-state index in [2.05, 4.69) is 15.0 Å². The largest absolute Gasteiger partial charge is 0.462 e. The molecule has 0 amide bonds. The molecule has 0 atom stereocenters. The highest BCUT2D eigenvalue weighted by molar-refractivity contribution is 7.22. The Kier molecular flexibility index (Phi) is 5.89. The lowest BCUT2D eigenvalue weighted by molar-refractivity contribution is 0.0528. The first-order chi connectivity index (χ1) is 14.0. The van der Waals surface area contributed by atoms with E-state index in [1.807, 2.05) is 6.07 Å². The molecule has 4 heterocycles. The summed E-state index contributed by atoms with van der Waals surface area (Å²) in [4.78, 5) is 28.4. The van der Waals surface area contributed by atoms with Crippen LogP contribution in [0.25, 0.3) is 10.2 Å². The normalized spacial score (nSPS) is 11.0. The fraction of sp³-hybridized carbons (Fsp3) is 0.111. The van der Waals surface area contributed by atoms with E-state index in [1.54, 1.807) is 42.4 Å². The van der Waals surface area contributed by atoms with Crippen molar-refractivity contribution in [3.63, 3.8) is 0 Å². The van der Waals surface area contributed by atoms with Gasteiger partial charge >= 0.3 is 5.97 Å². The van der Waals surface area contributed by atoms with Gasteiger partial charge < -0.3 is 4.74 Å². The van der Waals surface area contributed by atoms with E-state index in [-0.39, 0.29) is 21.5 Å². The van der Waals surface area contributed by atoms with E-state index in [0.717, 1.165) is 16.7 Å². The molecular formula is C18H11Cl3N4O2S2. The van der Waals surface area contributed by atoms with Crippen molar-refractivity contribution >= 4 is 90.4 Å². The van der Waals surface area contributed by atoms with Crippen molar-refractivity contribution < 1.29 is 9.53 Å². The van der Waals surface area contributed by atoms with Crippen LogP contribution in [-0.4, -0.2) is 27.5 Å². The maximum absolute atomic E-state index is 12.6. The molecular weight excluding hydrogens is 475 g/mol. The van der Waals surface area contributed by atoms with Crippen LogP contribution in [0.15, 0.2) is 36.7 Å². The molecule has 148 valence electrons. The zero-order valence-electron chi connectivity index (χ0n) is 14.7. The summed E-state index contributed by atoms with van der Waals surface area (Å²) in [5.74, 6) is 0.210. The predicted molar refractivity (Wildman–Crippen MR) is 119 cm³/mol. The SMILES string of the molecule is CCOC(=O)c1c(N(c2ccccn2)c2ncc3cc(Cl)sc3n2)sc(Cl)c1Cl. The smallest absolute Gasteiger partial charge is 0.342 e. The molecule has 4 aromatic rings. The number of esters is 1. The minimum absolute atomic E-state index is 0.117. The Hall–Kier alpha value is -1.97. The van der Waals surface area contributed by atoms with Crippen LogP contribution < -0.4 is 4.90 Å². The molecule has 0 aliphatic heterocycles. The summed E-state index contributed by atoms with van der Waals surface area (Å²) in [7, 11) is 0. The number of hydrogen-bond donors (Lipinski definition) is 0. The summed E-state index contributed by atoms with van der Waals surface area (Å²) in [6.45, 7) is 1.91. The van der Waals surface area contributed by atoms with Gasteiger partial charge in [0.1, 0.15) is 25.5 Å². The Morgan fingerprint density at radius 2 is 2.03 bits per heavy atom. The average molecular weight is 486 g/mol. The number of fused-ring (bicyclic) bond motifs is 1. The Morgan fingerprint density at radius 1 is 1.21 bits per heavy atom. The van der Waals surface area contributed by atoms with Crippen molar-refractivity contribution in [2.24, 2.45) is 0 Å². The van der Waals surface area contributed by atoms with Crippen LogP contribution in [0.5, 0.6) is 0 Å². The third-order valence-corrected chi connectivity index (χ3v) is 6.93. The number of aromatic nitrogens is 3. The van der Waals surface area contributed by atoms with E-state index in [4.69, 9.17) is 39.5 Å². The third kappa shape index (κ3) is 3.91. The van der Waals surface area contributed by atoms with Gasteiger partial charge in [0.15, 0.2) is 0 Å². The van der Waals surface area contributed by atoms with Crippen molar-refractivity contribution in [2.45, 2.75) is 6.92 Å². The summed E-state index contributed by atoms with van der Waals surface area (Å²) in [6.07, 6.45) is 3.29. The lowest BCUT2D eigenvalue weighted by atomic mass is 10.3. The molecule has 0 aliphatic rings. The van der Waals surface area contributed by atoms with Crippen molar-refractivity contribution in [1.82, 2.24) is 15.0 Å². The van der Waals surface area contributed by atoms with Gasteiger partial charge in [-0.15, -0.1) is 22.7 Å². The van der Waals surface area contributed by atoms with Crippen molar-refractivity contribution in [3.05, 3.63) is 55.9 Å². The van der Waals surface area contributed by atoms with Gasteiger partial charge in [0.05, 0.1) is 16.0 Å². The van der Waals surface area contributed by atoms with Crippen molar-refractivity contribution in [2.75, 3.05) is 11.5 Å². The average Bonchev–Trinajstić information content (AvgIpc) is 3.21. The zero-order chi connectivity index (χ0) is 20.5. The fourth-order valence-electron chi connectivity index (χ4n) is 2.59. The minimum Gasteiger partial charge on any atom is -0.462 e. The number of carbonyl (C=O) groups is 1. The Morgan fingerprint density at radius 3 is 2.76 bits per heavy atom. The molecule has 4 aromatic heterocycles. The molecule has 0 saturated carbocycles. The van der Waals surface area contributed by atoms with Crippen LogP contribution in [0.4, 0.5) is 16.8 Å². The van der Waals surface area contributed by atoms with Gasteiger partial charge in [-0.2, -0.15) is 0 Å². The van der Waals surface area contributed by atoms with E-state index >= 15 is 0 Å². The van der Waals surface area contributed by atoms with Gasteiger partial charge in [-0.25, -0.2) is 19.7 Å². The van der Waals surface area contributed by atoms with E-state index < -0.39 is 5.97 Å². The van der Waals surface area contributed by atoms with Crippen LogP contribution in [-0.2, 0) is 4.74 Å². The molecule has 0 aromatic carbocycles.